The lowest BCUT2D eigenvalue weighted by atomic mass is 10.1. The van der Waals surface area contributed by atoms with Crippen molar-refractivity contribution in [2.75, 3.05) is 6.61 Å². The van der Waals surface area contributed by atoms with Crippen LogP contribution in [0.1, 0.15) is 28.0 Å². The maximum absolute atomic E-state index is 11.7. The number of ether oxygens (including phenoxy) is 1. The number of carbonyl (C=O) groups excluding carboxylic acids is 2. The van der Waals surface area contributed by atoms with Gasteiger partial charge in [0, 0.05) is 16.6 Å². The molecule has 0 aliphatic carbocycles. The molecule has 0 spiro atoms. The van der Waals surface area contributed by atoms with Crippen LogP contribution in [0.15, 0.2) is 29.6 Å². The molecule has 0 bridgehead atoms. The smallest absolute Gasteiger partial charge is 0.258 e. The van der Waals surface area contributed by atoms with E-state index in [4.69, 9.17) is 4.74 Å². The number of thiazole rings is 1. The predicted octanol–water partition coefficient (Wildman–Crippen LogP) is 2.35. The molecular weight excluding hydrogens is 288 g/mol. The first-order chi connectivity index (χ1) is 10.0. The topological polar surface area (TPSA) is 68.3 Å². The van der Waals surface area contributed by atoms with Gasteiger partial charge in [-0.1, -0.05) is 0 Å². The Labute approximate surface area is 127 Å². The molecule has 110 valence electrons. The van der Waals surface area contributed by atoms with Crippen molar-refractivity contribution < 1.29 is 14.3 Å². The number of aryl methyl sites for hydroxylation is 1. The van der Waals surface area contributed by atoms with Crippen LogP contribution in [-0.2, 0) is 11.3 Å². The highest BCUT2D eigenvalue weighted by Crippen LogP contribution is 2.12. The van der Waals surface area contributed by atoms with Crippen LogP contribution in [0.25, 0.3) is 0 Å². The number of nitrogens with one attached hydrogen (secondary N) is 1. The fourth-order valence-electron chi connectivity index (χ4n) is 1.64. The summed E-state index contributed by atoms with van der Waals surface area (Å²) in [5.41, 5.74) is 1.57. The predicted molar refractivity (Wildman–Crippen MR) is 80.6 cm³/mol. The zero-order valence-corrected chi connectivity index (χ0v) is 12.7. The van der Waals surface area contributed by atoms with Crippen LogP contribution in [0, 0.1) is 6.92 Å². The van der Waals surface area contributed by atoms with Gasteiger partial charge < -0.3 is 10.1 Å². The Bertz CT molecular complexity index is 635. The van der Waals surface area contributed by atoms with E-state index in [2.05, 4.69) is 10.3 Å². The van der Waals surface area contributed by atoms with E-state index in [1.54, 1.807) is 24.3 Å². The number of carbonyl (C=O) groups is 2. The summed E-state index contributed by atoms with van der Waals surface area (Å²) < 4.78 is 5.36. The maximum Gasteiger partial charge on any atom is 0.258 e. The molecule has 5 nitrogen and oxygen atoms in total. The van der Waals surface area contributed by atoms with Crippen LogP contribution in [0.3, 0.4) is 0 Å². The van der Waals surface area contributed by atoms with Gasteiger partial charge >= 0.3 is 0 Å². The Hall–Kier alpha value is -2.21. The monoisotopic (exact) mass is 304 g/mol. The molecule has 1 heterocycles. The van der Waals surface area contributed by atoms with Gasteiger partial charge in [-0.25, -0.2) is 4.98 Å². The largest absolute Gasteiger partial charge is 0.484 e. The highest BCUT2D eigenvalue weighted by atomic mass is 32.1. The minimum atomic E-state index is -0.210. The molecule has 0 aliphatic rings. The number of hydrogen-bond donors (Lipinski definition) is 1. The molecule has 0 aliphatic heterocycles. The Morgan fingerprint density at radius 2 is 2.00 bits per heavy atom. The Morgan fingerprint density at radius 3 is 2.57 bits per heavy atom. The molecule has 2 rings (SSSR count). The molecule has 1 aromatic carbocycles. The third-order valence-electron chi connectivity index (χ3n) is 2.73. The lowest BCUT2D eigenvalue weighted by Crippen LogP contribution is -2.28. The van der Waals surface area contributed by atoms with Crippen LogP contribution in [0.5, 0.6) is 5.75 Å². The highest BCUT2D eigenvalue weighted by molar-refractivity contribution is 7.09. The van der Waals surface area contributed by atoms with Crippen LogP contribution < -0.4 is 10.1 Å². The lowest BCUT2D eigenvalue weighted by molar-refractivity contribution is -0.123. The van der Waals surface area contributed by atoms with Gasteiger partial charge in [-0.15, -0.1) is 11.3 Å². The second-order valence-electron chi connectivity index (χ2n) is 4.53. The normalized spacial score (nSPS) is 10.2. The second kappa shape index (κ2) is 6.99. The van der Waals surface area contributed by atoms with Gasteiger partial charge in [0.15, 0.2) is 12.4 Å². The van der Waals surface area contributed by atoms with E-state index in [1.165, 1.54) is 18.3 Å². The van der Waals surface area contributed by atoms with Crippen LogP contribution >= 0.6 is 11.3 Å². The third kappa shape index (κ3) is 4.68. The molecule has 0 radical (unpaired) electrons. The summed E-state index contributed by atoms with van der Waals surface area (Å²) in [5, 5.41) is 5.55. The number of rotatable bonds is 6. The average molecular weight is 304 g/mol. The van der Waals surface area contributed by atoms with Crippen molar-refractivity contribution in [2.24, 2.45) is 0 Å². The first-order valence-electron chi connectivity index (χ1n) is 6.46. The van der Waals surface area contributed by atoms with Gasteiger partial charge in [-0.2, -0.15) is 0 Å². The molecule has 1 N–H and O–H groups in total. The van der Waals surface area contributed by atoms with Gasteiger partial charge in [-0.05, 0) is 38.1 Å². The average Bonchev–Trinajstić information content (AvgIpc) is 2.89. The Balaban J connectivity index is 1.77. The number of Topliss-reactive ketones (excluding diaryl/α,β-unsaturated/α-hetero) is 1. The molecule has 0 unspecified atom stereocenters. The molecule has 21 heavy (non-hydrogen) atoms. The molecular formula is C15H16N2O3S. The first kappa shape index (κ1) is 15.2. The lowest BCUT2D eigenvalue weighted by Gasteiger charge is -2.07. The van der Waals surface area contributed by atoms with Gasteiger partial charge in [0.05, 0.1) is 6.54 Å². The summed E-state index contributed by atoms with van der Waals surface area (Å²) in [6.45, 7) is 3.76. The van der Waals surface area contributed by atoms with Crippen molar-refractivity contribution in [3.63, 3.8) is 0 Å². The summed E-state index contributed by atoms with van der Waals surface area (Å²) in [6, 6.07) is 6.70. The molecule has 0 saturated heterocycles. The molecule has 0 saturated carbocycles. The summed E-state index contributed by atoms with van der Waals surface area (Å²) in [7, 11) is 0. The zero-order valence-electron chi connectivity index (χ0n) is 11.9. The first-order valence-corrected chi connectivity index (χ1v) is 7.34. The number of aromatic nitrogens is 1. The third-order valence-corrected chi connectivity index (χ3v) is 3.70. The van der Waals surface area contributed by atoms with E-state index in [-0.39, 0.29) is 18.3 Å². The summed E-state index contributed by atoms with van der Waals surface area (Å²) in [5.74, 6) is 0.344. The minimum Gasteiger partial charge on any atom is -0.484 e. The molecule has 0 fully saturated rings. The number of amides is 1. The van der Waals surface area contributed by atoms with Crippen LogP contribution in [-0.4, -0.2) is 23.3 Å². The number of hydrogen-bond acceptors (Lipinski definition) is 5. The van der Waals surface area contributed by atoms with Crippen molar-refractivity contribution in [1.82, 2.24) is 10.3 Å². The van der Waals surface area contributed by atoms with Crippen LogP contribution in [0.2, 0.25) is 0 Å². The molecule has 1 aromatic heterocycles. The molecule has 2 aromatic rings. The minimum absolute atomic E-state index is 0.00182. The standard InChI is InChI=1S/C15H16N2O3S/c1-10-9-21-15(17-10)7-16-14(19)8-20-13-5-3-12(4-6-13)11(2)18/h3-6,9H,7-8H2,1-2H3,(H,16,19). The SMILES string of the molecule is CC(=O)c1ccc(OCC(=O)NCc2nc(C)cs2)cc1. The van der Waals surface area contributed by atoms with E-state index in [9.17, 15) is 9.59 Å². The van der Waals surface area contributed by atoms with Crippen molar-refractivity contribution in [3.8, 4) is 5.75 Å². The summed E-state index contributed by atoms with van der Waals surface area (Å²) in [6.07, 6.45) is 0. The van der Waals surface area contributed by atoms with E-state index in [1.807, 2.05) is 12.3 Å². The van der Waals surface area contributed by atoms with E-state index in [0.717, 1.165) is 10.7 Å². The Morgan fingerprint density at radius 1 is 1.29 bits per heavy atom. The van der Waals surface area contributed by atoms with Crippen LogP contribution in [0.4, 0.5) is 0 Å². The maximum atomic E-state index is 11.7. The van der Waals surface area contributed by atoms with Crippen molar-refractivity contribution in [3.05, 3.63) is 45.9 Å². The highest BCUT2D eigenvalue weighted by Gasteiger charge is 2.05. The van der Waals surface area contributed by atoms with Gasteiger partial charge in [0.2, 0.25) is 0 Å². The van der Waals surface area contributed by atoms with E-state index in [0.29, 0.717) is 17.9 Å². The van der Waals surface area contributed by atoms with Crippen molar-refractivity contribution in [1.29, 1.82) is 0 Å². The number of nitrogens with zero attached hydrogens (tertiary/aromatic N) is 1. The fourth-order valence-corrected chi connectivity index (χ4v) is 2.36. The zero-order chi connectivity index (χ0) is 15.2. The van der Waals surface area contributed by atoms with E-state index >= 15 is 0 Å². The van der Waals surface area contributed by atoms with Crippen molar-refractivity contribution >= 4 is 23.0 Å². The van der Waals surface area contributed by atoms with E-state index < -0.39 is 0 Å². The van der Waals surface area contributed by atoms with Gasteiger partial charge in [-0.3, -0.25) is 9.59 Å². The fraction of sp³-hybridized carbons (Fsp3) is 0.267. The van der Waals surface area contributed by atoms with Gasteiger partial charge in [0.1, 0.15) is 10.8 Å². The Kier molecular flexibility index (Phi) is 5.05. The number of ketones is 1. The quantitative estimate of drug-likeness (QED) is 0.832. The van der Waals surface area contributed by atoms with Gasteiger partial charge in [0.25, 0.3) is 5.91 Å². The second-order valence-corrected chi connectivity index (χ2v) is 5.47. The summed E-state index contributed by atoms with van der Waals surface area (Å²) in [4.78, 5) is 27.1. The van der Waals surface area contributed by atoms with Crippen molar-refractivity contribution in [2.45, 2.75) is 20.4 Å². The molecule has 0 atom stereocenters. The molecule has 6 heteroatoms. The summed E-state index contributed by atoms with van der Waals surface area (Å²) >= 11 is 1.51. The molecule has 1 amide bonds. The number of benzene rings is 1.